The second-order valence-corrected chi connectivity index (χ2v) is 8.74. The molecule has 0 saturated carbocycles. The van der Waals surface area contributed by atoms with E-state index in [0.29, 0.717) is 23.1 Å². The van der Waals surface area contributed by atoms with Crippen molar-refractivity contribution in [3.63, 3.8) is 0 Å². The average molecular weight is 521 g/mol. The van der Waals surface area contributed by atoms with E-state index >= 15 is 0 Å². The van der Waals surface area contributed by atoms with Crippen LogP contribution in [0.2, 0.25) is 0 Å². The fourth-order valence-electron chi connectivity index (χ4n) is 3.75. The Morgan fingerprint density at radius 3 is 2.76 bits per heavy atom. The normalized spacial score (nSPS) is 17.6. The molecule has 9 nitrogen and oxygen atoms in total. The molecule has 38 heavy (non-hydrogen) atoms. The van der Waals surface area contributed by atoms with E-state index in [9.17, 15) is 23.5 Å². The molecule has 1 fully saturated rings. The summed E-state index contributed by atoms with van der Waals surface area (Å²) in [7, 11) is 1.55. The first-order valence-corrected chi connectivity index (χ1v) is 11.5. The van der Waals surface area contributed by atoms with Crippen LogP contribution in [0.15, 0.2) is 54.7 Å². The molecule has 0 radical (unpaired) electrons. The summed E-state index contributed by atoms with van der Waals surface area (Å²) in [6.45, 7) is 0.142. The average Bonchev–Trinajstić information content (AvgIpc) is 3.00. The number of aromatic nitrogens is 1. The Labute approximate surface area is 216 Å². The molecule has 11 heteroatoms. The zero-order chi connectivity index (χ0) is 26.9. The largest absolute Gasteiger partial charge is 0.489 e. The van der Waals surface area contributed by atoms with Gasteiger partial charge in [-0.3, -0.25) is 14.6 Å². The Bertz CT molecular complexity index is 1480. The number of ether oxygens (including phenoxy) is 3. The highest BCUT2D eigenvalue weighted by Crippen LogP contribution is 2.32. The van der Waals surface area contributed by atoms with Gasteiger partial charge in [0.2, 0.25) is 0 Å². The van der Waals surface area contributed by atoms with Crippen LogP contribution in [0, 0.1) is 23.5 Å². The molecule has 1 atom stereocenters. The zero-order valence-corrected chi connectivity index (χ0v) is 20.0. The molecule has 1 aromatic heterocycles. The Morgan fingerprint density at radius 2 is 2.03 bits per heavy atom. The summed E-state index contributed by atoms with van der Waals surface area (Å²) in [4.78, 5) is 31.4. The van der Waals surface area contributed by atoms with Gasteiger partial charge in [-0.1, -0.05) is 11.8 Å². The van der Waals surface area contributed by atoms with E-state index in [4.69, 9.17) is 14.2 Å². The van der Waals surface area contributed by atoms with Crippen LogP contribution in [0.25, 0.3) is 0 Å². The number of carbonyl (C=O) groups excluding carboxylic acids is 2. The van der Waals surface area contributed by atoms with E-state index < -0.39 is 35.1 Å². The predicted molar refractivity (Wildman–Crippen MR) is 130 cm³/mol. The third-order valence-electron chi connectivity index (χ3n) is 5.87. The fourth-order valence-corrected chi connectivity index (χ4v) is 3.75. The number of benzene rings is 2. The van der Waals surface area contributed by atoms with E-state index in [1.54, 1.807) is 25.2 Å². The summed E-state index contributed by atoms with van der Waals surface area (Å²) < 4.78 is 43.3. The number of hydrogen-bond acceptors (Lipinski definition) is 7. The summed E-state index contributed by atoms with van der Waals surface area (Å²) in [6, 6.07) is 9.50. The number of carbonyl (C=O) groups is 2. The molecule has 0 bridgehead atoms. The van der Waals surface area contributed by atoms with Gasteiger partial charge in [0.1, 0.15) is 35.7 Å². The van der Waals surface area contributed by atoms with Crippen molar-refractivity contribution >= 4 is 17.5 Å². The summed E-state index contributed by atoms with van der Waals surface area (Å²) in [5.41, 5.74) is -0.249. The van der Waals surface area contributed by atoms with Crippen LogP contribution in [0.3, 0.4) is 0 Å². The minimum atomic E-state index is -1.18. The van der Waals surface area contributed by atoms with Gasteiger partial charge in [-0.05, 0) is 36.4 Å². The number of rotatable bonds is 4. The van der Waals surface area contributed by atoms with Crippen molar-refractivity contribution in [3.05, 3.63) is 77.6 Å². The molecule has 2 aliphatic heterocycles. The standard InChI is InChI=1S/C27H21F2N3O6/c1-32-22-10-16(6-8-27(35)14-36-15-27)2-4-24(22)37-13-21(26(32)34)31-25(33)20-12-18(7-9-30-20)38-23-5-3-17(28)11-19(23)29/h2-5,7,9-12,21,35H,13-15H2,1H3,(H,31,33). The molecule has 194 valence electrons. The van der Waals surface area contributed by atoms with Gasteiger partial charge < -0.3 is 29.5 Å². The van der Waals surface area contributed by atoms with Crippen LogP contribution in [-0.2, 0) is 9.53 Å². The molecule has 2 N–H and O–H groups in total. The van der Waals surface area contributed by atoms with Crippen molar-refractivity contribution < 1.29 is 37.7 Å². The first-order valence-electron chi connectivity index (χ1n) is 11.5. The van der Waals surface area contributed by atoms with Crippen LogP contribution < -0.4 is 19.7 Å². The van der Waals surface area contributed by atoms with Crippen LogP contribution in [0.4, 0.5) is 14.5 Å². The van der Waals surface area contributed by atoms with Gasteiger partial charge >= 0.3 is 0 Å². The third kappa shape index (κ3) is 5.27. The molecule has 0 aliphatic carbocycles. The van der Waals surface area contributed by atoms with E-state index in [1.807, 2.05) is 0 Å². The SMILES string of the molecule is CN1C(=O)C(NC(=O)c2cc(Oc3ccc(F)cc3F)ccn2)COc2ccc(C#CC3(O)COC3)cc21. The van der Waals surface area contributed by atoms with Crippen LogP contribution in [-0.4, -0.2) is 60.4 Å². The number of nitrogens with zero attached hydrogens (tertiary/aromatic N) is 2. The van der Waals surface area contributed by atoms with Crippen molar-refractivity contribution in [2.24, 2.45) is 0 Å². The molecule has 2 amide bonds. The molecule has 5 rings (SSSR count). The number of anilines is 1. The van der Waals surface area contributed by atoms with E-state index in [0.717, 1.165) is 12.1 Å². The molecule has 1 unspecified atom stereocenters. The number of halogens is 2. The number of pyridine rings is 1. The maximum absolute atomic E-state index is 13.9. The maximum Gasteiger partial charge on any atom is 0.270 e. The summed E-state index contributed by atoms with van der Waals surface area (Å²) >= 11 is 0. The molecule has 0 spiro atoms. The van der Waals surface area contributed by atoms with Crippen molar-refractivity contribution in [2.75, 3.05) is 31.8 Å². The summed E-state index contributed by atoms with van der Waals surface area (Å²) in [6.07, 6.45) is 1.29. The first-order chi connectivity index (χ1) is 18.2. The number of likely N-dealkylation sites (N-methyl/N-ethyl adjacent to an activating group) is 1. The topological polar surface area (TPSA) is 110 Å². The van der Waals surface area contributed by atoms with Gasteiger partial charge in [-0.2, -0.15) is 0 Å². The third-order valence-corrected chi connectivity index (χ3v) is 5.87. The van der Waals surface area contributed by atoms with Crippen molar-refractivity contribution in [2.45, 2.75) is 11.6 Å². The minimum Gasteiger partial charge on any atom is -0.489 e. The predicted octanol–water partition coefficient (Wildman–Crippen LogP) is 2.42. The number of nitrogens with one attached hydrogen (secondary N) is 1. The lowest BCUT2D eigenvalue weighted by Gasteiger charge is -2.30. The van der Waals surface area contributed by atoms with Gasteiger partial charge in [0.15, 0.2) is 17.2 Å². The van der Waals surface area contributed by atoms with E-state index in [2.05, 4.69) is 22.1 Å². The van der Waals surface area contributed by atoms with E-state index in [1.165, 1.54) is 23.2 Å². The lowest BCUT2D eigenvalue weighted by Crippen LogP contribution is -2.49. The summed E-state index contributed by atoms with van der Waals surface area (Å²) in [5, 5.41) is 12.7. The minimum absolute atomic E-state index is 0.0855. The van der Waals surface area contributed by atoms with Gasteiger partial charge in [0.25, 0.3) is 11.8 Å². The summed E-state index contributed by atoms with van der Waals surface area (Å²) in [5.74, 6) is 3.16. The number of aliphatic hydroxyl groups is 1. The quantitative estimate of drug-likeness (QED) is 0.508. The van der Waals surface area contributed by atoms with Crippen LogP contribution in [0.5, 0.6) is 17.2 Å². The lowest BCUT2D eigenvalue weighted by molar-refractivity contribution is -0.140. The van der Waals surface area contributed by atoms with Crippen molar-refractivity contribution in [3.8, 4) is 29.1 Å². The number of hydrogen-bond donors (Lipinski definition) is 2. The maximum atomic E-state index is 13.9. The van der Waals surface area contributed by atoms with E-state index in [-0.39, 0.29) is 37.0 Å². The Kier molecular flexibility index (Phi) is 6.67. The van der Waals surface area contributed by atoms with Crippen LogP contribution in [0.1, 0.15) is 16.1 Å². The highest BCUT2D eigenvalue weighted by atomic mass is 19.1. The smallest absolute Gasteiger partial charge is 0.270 e. The Morgan fingerprint density at radius 1 is 1.21 bits per heavy atom. The monoisotopic (exact) mass is 521 g/mol. The van der Waals surface area contributed by atoms with Gasteiger partial charge in [0, 0.05) is 30.9 Å². The first kappa shape index (κ1) is 25.1. The van der Waals surface area contributed by atoms with Crippen molar-refractivity contribution in [1.29, 1.82) is 0 Å². The number of fused-ring (bicyclic) bond motifs is 1. The highest BCUT2D eigenvalue weighted by molar-refractivity contribution is 6.03. The number of amides is 2. The zero-order valence-electron chi connectivity index (χ0n) is 20.0. The second-order valence-electron chi connectivity index (χ2n) is 8.74. The molecular formula is C27H21F2N3O6. The van der Waals surface area contributed by atoms with Gasteiger partial charge in [-0.25, -0.2) is 8.78 Å². The fraction of sp³-hybridized carbons (Fsp3) is 0.222. The van der Waals surface area contributed by atoms with Crippen LogP contribution >= 0.6 is 0 Å². The van der Waals surface area contributed by atoms with Crippen molar-refractivity contribution in [1.82, 2.24) is 10.3 Å². The molecule has 3 heterocycles. The molecule has 3 aromatic rings. The molecule has 2 aliphatic rings. The van der Waals surface area contributed by atoms with Gasteiger partial charge in [0.05, 0.1) is 18.9 Å². The molecule has 2 aromatic carbocycles. The molecular weight excluding hydrogens is 500 g/mol. The molecule has 1 saturated heterocycles. The second kappa shape index (κ2) is 10.1. The highest BCUT2D eigenvalue weighted by Gasteiger charge is 2.34. The lowest BCUT2D eigenvalue weighted by atomic mass is 10.0. The van der Waals surface area contributed by atoms with Gasteiger partial charge in [-0.15, -0.1) is 0 Å². The Hall–Kier alpha value is -4.53. The Balaban J connectivity index is 1.29.